The van der Waals surface area contributed by atoms with Crippen molar-refractivity contribution in [1.82, 2.24) is 0 Å². The molecule has 0 heterocycles. The molecule has 1 N–H and O–H groups in total. The van der Waals surface area contributed by atoms with Gasteiger partial charge in [-0.2, -0.15) is 0 Å². The summed E-state index contributed by atoms with van der Waals surface area (Å²) >= 11 is 0. The number of carbonyl (C=O) groups is 2. The Balaban J connectivity index is 2.30. The molecule has 0 fully saturated rings. The minimum atomic E-state index is -1.42. The SMILES string of the molecule is CC(=O)OC1(C(=O)C(O)c2ccccc2)C=CC=CC1. The fourth-order valence-corrected chi connectivity index (χ4v) is 2.18. The summed E-state index contributed by atoms with van der Waals surface area (Å²) in [5.41, 5.74) is -0.942. The molecule has 0 bridgehead atoms. The largest absolute Gasteiger partial charge is 0.446 e. The van der Waals surface area contributed by atoms with Crippen LogP contribution in [-0.2, 0) is 14.3 Å². The maximum atomic E-state index is 12.5. The van der Waals surface area contributed by atoms with E-state index in [1.165, 1.54) is 13.0 Å². The number of Topliss-reactive ketones (excluding diaryl/α,β-unsaturated/α-hetero) is 1. The molecule has 1 aromatic carbocycles. The normalized spacial score (nSPS) is 22.3. The molecular weight excluding hydrogens is 256 g/mol. The van der Waals surface area contributed by atoms with Crippen LogP contribution in [0.5, 0.6) is 0 Å². The van der Waals surface area contributed by atoms with Crippen LogP contribution in [0.25, 0.3) is 0 Å². The van der Waals surface area contributed by atoms with Crippen LogP contribution in [0.2, 0.25) is 0 Å². The van der Waals surface area contributed by atoms with Crippen LogP contribution in [0.15, 0.2) is 54.6 Å². The standard InChI is InChI=1S/C16H16O4/c1-12(17)20-16(10-6-3-7-11-16)15(19)14(18)13-8-4-2-5-9-13/h2-10,14,18H,11H2,1H3. The number of aliphatic hydroxyl groups is 1. The molecule has 20 heavy (non-hydrogen) atoms. The lowest BCUT2D eigenvalue weighted by Crippen LogP contribution is -2.44. The topological polar surface area (TPSA) is 63.6 Å². The zero-order chi connectivity index (χ0) is 14.6. The van der Waals surface area contributed by atoms with E-state index in [1.54, 1.807) is 48.6 Å². The molecule has 1 aliphatic carbocycles. The van der Waals surface area contributed by atoms with E-state index in [4.69, 9.17) is 4.74 Å². The van der Waals surface area contributed by atoms with E-state index in [0.29, 0.717) is 5.56 Å². The highest BCUT2D eigenvalue weighted by Gasteiger charge is 2.42. The number of hydrogen-bond donors (Lipinski definition) is 1. The summed E-state index contributed by atoms with van der Waals surface area (Å²) in [6.07, 6.45) is 5.56. The van der Waals surface area contributed by atoms with Gasteiger partial charge in [-0.05, 0) is 11.6 Å². The zero-order valence-corrected chi connectivity index (χ0v) is 11.2. The summed E-state index contributed by atoms with van der Waals surface area (Å²) < 4.78 is 5.20. The van der Waals surface area contributed by atoms with Gasteiger partial charge in [-0.25, -0.2) is 0 Å². The molecule has 2 atom stereocenters. The van der Waals surface area contributed by atoms with E-state index in [0.717, 1.165) is 0 Å². The summed E-state index contributed by atoms with van der Waals surface area (Å²) in [6.45, 7) is 1.25. The van der Waals surface area contributed by atoms with Crippen LogP contribution in [0.4, 0.5) is 0 Å². The predicted octanol–water partition coefficient (Wildman–Crippen LogP) is 2.11. The first-order valence-corrected chi connectivity index (χ1v) is 6.36. The third-order valence-electron chi connectivity index (χ3n) is 3.14. The van der Waals surface area contributed by atoms with E-state index in [1.807, 2.05) is 0 Å². The monoisotopic (exact) mass is 272 g/mol. The average Bonchev–Trinajstić information content (AvgIpc) is 2.47. The zero-order valence-electron chi connectivity index (χ0n) is 11.2. The molecule has 0 amide bonds. The lowest BCUT2D eigenvalue weighted by molar-refractivity contribution is -0.164. The van der Waals surface area contributed by atoms with Gasteiger partial charge in [0.15, 0.2) is 5.60 Å². The minimum Gasteiger partial charge on any atom is -0.446 e. The highest BCUT2D eigenvalue weighted by molar-refractivity contribution is 5.95. The van der Waals surface area contributed by atoms with Crippen molar-refractivity contribution >= 4 is 11.8 Å². The van der Waals surface area contributed by atoms with Gasteiger partial charge < -0.3 is 9.84 Å². The quantitative estimate of drug-likeness (QED) is 0.853. The Morgan fingerprint density at radius 2 is 1.95 bits per heavy atom. The molecule has 104 valence electrons. The maximum absolute atomic E-state index is 12.5. The molecule has 0 spiro atoms. The summed E-state index contributed by atoms with van der Waals surface area (Å²) in [5, 5.41) is 10.2. The summed E-state index contributed by atoms with van der Waals surface area (Å²) in [7, 11) is 0. The van der Waals surface area contributed by atoms with Gasteiger partial charge in [0.25, 0.3) is 0 Å². The second-order valence-corrected chi connectivity index (χ2v) is 4.65. The summed E-state index contributed by atoms with van der Waals surface area (Å²) in [4.78, 5) is 23.8. The number of ether oxygens (including phenoxy) is 1. The highest BCUT2D eigenvalue weighted by atomic mass is 16.6. The molecular formula is C16H16O4. The maximum Gasteiger partial charge on any atom is 0.303 e. The minimum absolute atomic E-state index is 0.228. The number of aliphatic hydroxyl groups excluding tert-OH is 1. The van der Waals surface area contributed by atoms with Crippen molar-refractivity contribution in [3.63, 3.8) is 0 Å². The van der Waals surface area contributed by atoms with Gasteiger partial charge in [0.2, 0.25) is 5.78 Å². The van der Waals surface area contributed by atoms with Crippen LogP contribution in [0.1, 0.15) is 25.0 Å². The molecule has 0 saturated carbocycles. The van der Waals surface area contributed by atoms with Crippen molar-refractivity contribution < 1.29 is 19.4 Å². The van der Waals surface area contributed by atoms with Crippen molar-refractivity contribution in [1.29, 1.82) is 0 Å². The van der Waals surface area contributed by atoms with Crippen LogP contribution >= 0.6 is 0 Å². The Morgan fingerprint density at radius 3 is 2.50 bits per heavy atom. The number of carbonyl (C=O) groups excluding carboxylic acids is 2. The molecule has 4 nitrogen and oxygen atoms in total. The third-order valence-corrected chi connectivity index (χ3v) is 3.14. The van der Waals surface area contributed by atoms with Crippen LogP contribution in [-0.4, -0.2) is 22.5 Å². The fraction of sp³-hybridized carbons (Fsp3) is 0.250. The Kier molecular flexibility index (Phi) is 4.15. The van der Waals surface area contributed by atoms with Gasteiger partial charge in [0, 0.05) is 13.3 Å². The van der Waals surface area contributed by atoms with Crippen molar-refractivity contribution in [2.75, 3.05) is 0 Å². The van der Waals surface area contributed by atoms with Gasteiger partial charge in [-0.15, -0.1) is 0 Å². The summed E-state index contributed by atoms with van der Waals surface area (Å²) in [5.74, 6) is -1.10. The molecule has 0 aliphatic heterocycles. The van der Waals surface area contributed by atoms with E-state index in [2.05, 4.69) is 0 Å². The Morgan fingerprint density at radius 1 is 1.25 bits per heavy atom. The van der Waals surface area contributed by atoms with Crippen molar-refractivity contribution in [3.05, 3.63) is 60.2 Å². The van der Waals surface area contributed by atoms with Gasteiger partial charge in [0.1, 0.15) is 6.10 Å². The Labute approximate surface area is 117 Å². The molecule has 2 unspecified atom stereocenters. The fourth-order valence-electron chi connectivity index (χ4n) is 2.18. The molecule has 0 saturated heterocycles. The Bertz CT molecular complexity index is 559. The van der Waals surface area contributed by atoms with E-state index in [9.17, 15) is 14.7 Å². The van der Waals surface area contributed by atoms with Crippen LogP contribution in [0, 0.1) is 0 Å². The highest BCUT2D eigenvalue weighted by Crippen LogP contribution is 2.30. The average molecular weight is 272 g/mol. The molecule has 2 rings (SSSR count). The van der Waals surface area contributed by atoms with Gasteiger partial charge in [-0.3, -0.25) is 9.59 Å². The van der Waals surface area contributed by atoms with Crippen molar-refractivity contribution in [3.8, 4) is 0 Å². The first-order chi connectivity index (χ1) is 9.55. The second-order valence-electron chi connectivity index (χ2n) is 4.65. The molecule has 1 aromatic rings. The molecule has 4 heteroatoms. The Hall–Kier alpha value is -2.20. The van der Waals surface area contributed by atoms with E-state index in [-0.39, 0.29) is 6.42 Å². The molecule has 0 radical (unpaired) electrons. The second kappa shape index (κ2) is 5.84. The van der Waals surface area contributed by atoms with E-state index < -0.39 is 23.5 Å². The van der Waals surface area contributed by atoms with Crippen molar-refractivity contribution in [2.45, 2.75) is 25.0 Å². The lowest BCUT2D eigenvalue weighted by atomic mass is 9.85. The predicted molar refractivity (Wildman–Crippen MR) is 73.8 cm³/mol. The number of benzene rings is 1. The number of ketones is 1. The molecule has 1 aliphatic rings. The van der Waals surface area contributed by atoms with Crippen molar-refractivity contribution in [2.24, 2.45) is 0 Å². The first kappa shape index (κ1) is 14.2. The lowest BCUT2D eigenvalue weighted by Gasteiger charge is -2.31. The van der Waals surface area contributed by atoms with Crippen LogP contribution < -0.4 is 0 Å². The number of allylic oxidation sites excluding steroid dienone is 2. The third kappa shape index (κ3) is 2.86. The first-order valence-electron chi connectivity index (χ1n) is 6.36. The van der Waals surface area contributed by atoms with Gasteiger partial charge in [0.05, 0.1) is 0 Å². The number of hydrogen-bond acceptors (Lipinski definition) is 4. The smallest absolute Gasteiger partial charge is 0.303 e. The summed E-state index contributed by atoms with van der Waals surface area (Å²) in [6, 6.07) is 8.59. The number of esters is 1. The van der Waals surface area contributed by atoms with Gasteiger partial charge >= 0.3 is 5.97 Å². The van der Waals surface area contributed by atoms with E-state index >= 15 is 0 Å². The number of rotatable bonds is 4. The van der Waals surface area contributed by atoms with Crippen LogP contribution in [0.3, 0.4) is 0 Å². The van der Waals surface area contributed by atoms with Gasteiger partial charge in [-0.1, -0.05) is 48.6 Å². The molecule has 0 aromatic heterocycles.